The number of aryl methyl sites for hydroxylation is 3. The smallest absolute Gasteiger partial charge is 0.230 e. The molecule has 0 bridgehead atoms. The Morgan fingerprint density at radius 2 is 1.86 bits per heavy atom. The predicted octanol–water partition coefficient (Wildman–Crippen LogP) is 4.95. The normalized spacial score (nSPS) is 15.8. The van der Waals surface area contributed by atoms with Gasteiger partial charge in [0, 0.05) is 30.1 Å². The molecule has 1 saturated heterocycles. The number of nitrogens with zero attached hydrogens (tertiary/aromatic N) is 5. The molecule has 36 heavy (non-hydrogen) atoms. The molecule has 5 aromatic rings. The summed E-state index contributed by atoms with van der Waals surface area (Å²) < 4.78 is 2.73. The molecule has 4 heterocycles. The van der Waals surface area contributed by atoms with Crippen LogP contribution in [0.5, 0.6) is 0 Å². The number of aromatic nitrogens is 4. The lowest BCUT2D eigenvalue weighted by molar-refractivity contribution is -0.122. The summed E-state index contributed by atoms with van der Waals surface area (Å²) in [7, 11) is 0. The van der Waals surface area contributed by atoms with Crippen LogP contribution in [0.4, 0.5) is 11.5 Å². The molecule has 180 valence electrons. The van der Waals surface area contributed by atoms with Crippen LogP contribution in [0.2, 0.25) is 0 Å². The molecule has 1 unspecified atom stereocenters. The number of nitrogens with one attached hydrogen (secondary N) is 1. The van der Waals surface area contributed by atoms with Crippen LogP contribution in [-0.4, -0.2) is 38.1 Å². The molecule has 2 aromatic carbocycles. The lowest BCUT2D eigenvalue weighted by Crippen LogP contribution is -2.28. The molecule has 2 amide bonds. The van der Waals surface area contributed by atoms with Crippen LogP contribution in [-0.2, 0) is 9.59 Å². The van der Waals surface area contributed by atoms with Gasteiger partial charge in [0.1, 0.15) is 5.82 Å². The maximum absolute atomic E-state index is 13.3. The minimum Gasteiger partial charge on any atom is -0.312 e. The fourth-order valence-corrected chi connectivity index (χ4v) is 5.57. The first-order valence-corrected chi connectivity index (χ1v) is 12.6. The summed E-state index contributed by atoms with van der Waals surface area (Å²) in [5.41, 5.74) is 4.33. The van der Waals surface area contributed by atoms with Gasteiger partial charge in [-0.3, -0.25) is 9.59 Å². The van der Waals surface area contributed by atoms with Crippen molar-refractivity contribution in [2.45, 2.75) is 27.2 Å². The average Bonchev–Trinajstić information content (AvgIpc) is 3.53. The molecule has 0 aliphatic carbocycles. The van der Waals surface area contributed by atoms with Gasteiger partial charge in [-0.05, 0) is 56.7 Å². The standard InChI is InChI=1S/C27H24N6O2S/c1-15-10-24(29-21-7-5-4-6-20(15)21)33-25(11-16(2)31-33)30-27(35)18-12-26(34)32(14-18)19-8-9-23-22(13-19)28-17(3)36-23/h4-11,13,18H,12,14H2,1-3H3,(H,30,35). The highest BCUT2D eigenvalue weighted by Gasteiger charge is 2.35. The summed E-state index contributed by atoms with van der Waals surface area (Å²) in [6.45, 7) is 6.19. The molecule has 0 radical (unpaired) electrons. The van der Waals surface area contributed by atoms with E-state index >= 15 is 0 Å². The largest absolute Gasteiger partial charge is 0.312 e. The van der Waals surface area contributed by atoms with Crippen molar-refractivity contribution in [1.82, 2.24) is 19.7 Å². The predicted molar refractivity (Wildman–Crippen MR) is 142 cm³/mol. The Morgan fingerprint density at radius 3 is 2.72 bits per heavy atom. The number of thiazole rings is 1. The summed E-state index contributed by atoms with van der Waals surface area (Å²) in [6, 6.07) is 17.5. The Labute approximate surface area is 211 Å². The summed E-state index contributed by atoms with van der Waals surface area (Å²) in [6.07, 6.45) is 0.153. The number of pyridine rings is 1. The van der Waals surface area contributed by atoms with Crippen molar-refractivity contribution in [3.63, 3.8) is 0 Å². The van der Waals surface area contributed by atoms with E-state index in [-0.39, 0.29) is 18.2 Å². The van der Waals surface area contributed by atoms with E-state index in [2.05, 4.69) is 15.4 Å². The van der Waals surface area contributed by atoms with Gasteiger partial charge in [0.25, 0.3) is 0 Å². The van der Waals surface area contributed by atoms with E-state index < -0.39 is 5.92 Å². The zero-order chi connectivity index (χ0) is 25.0. The second kappa shape index (κ2) is 8.53. The lowest BCUT2D eigenvalue weighted by atomic mass is 10.1. The van der Waals surface area contributed by atoms with Gasteiger partial charge in [-0.25, -0.2) is 9.97 Å². The number of benzene rings is 2. The maximum atomic E-state index is 13.3. The van der Waals surface area contributed by atoms with Crippen molar-refractivity contribution >= 4 is 55.8 Å². The van der Waals surface area contributed by atoms with E-state index in [1.807, 2.05) is 75.4 Å². The van der Waals surface area contributed by atoms with Crippen molar-refractivity contribution in [2.75, 3.05) is 16.8 Å². The minimum atomic E-state index is -0.472. The molecule has 0 saturated carbocycles. The van der Waals surface area contributed by atoms with Crippen LogP contribution >= 0.6 is 11.3 Å². The average molecular weight is 497 g/mol. The Hall–Kier alpha value is -4.11. The van der Waals surface area contributed by atoms with Crippen molar-refractivity contribution in [3.05, 3.63) is 70.9 Å². The third kappa shape index (κ3) is 3.91. The van der Waals surface area contributed by atoms with Crippen LogP contribution in [0.15, 0.2) is 54.6 Å². The number of fused-ring (bicyclic) bond motifs is 2. The highest BCUT2D eigenvalue weighted by atomic mass is 32.1. The quantitative estimate of drug-likeness (QED) is 0.380. The van der Waals surface area contributed by atoms with Gasteiger partial charge in [0.2, 0.25) is 11.8 Å². The number of para-hydroxylation sites is 1. The monoisotopic (exact) mass is 496 g/mol. The maximum Gasteiger partial charge on any atom is 0.230 e. The van der Waals surface area contributed by atoms with Gasteiger partial charge < -0.3 is 10.2 Å². The second-order valence-electron chi connectivity index (χ2n) is 9.18. The molecule has 9 heteroatoms. The van der Waals surface area contributed by atoms with E-state index in [1.54, 1.807) is 20.9 Å². The molecule has 1 atom stereocenters. The van der Waals surface area contributed by atoms with Crippen LogP contribution in [0.25, 0.3) is 26.9 Å². The Balaban J connectivity index is 1.25. The molecule has 0 spiro atoms. The topological polar surface area (TPSA) is 93.0 Å². The number of hydrogen-bond donors (Lipinski definition) is 1. The van der Waals surface area contributed by atoms with Crippen molar-refractivity contribution in [3.8, 4) is 5.82 Å². The Morgan fingerprint density at radius 1 is 1.03 bits per heavy atom. The summed E-state index contributed by atoms with van der Waals surface area (Å²) >= 11 is 1.62. The number of carbonyl (C=O) groups excluding carboxylic acids is 2. The van der Waals surface area contributed by atoms with Crippen LogP contribution in [0.1, 0.15) is 22.7 Å². The summed E-state index contributed by atoms with van der Waals surface area (Å²) in [5, 5.41) is 9.63. The SMILES string of the molecule is Cc1cc(NC(=O)C2CC(=O)N(c3ccc4sc(C)nc4c3)C2)n(-c2cc(C)c3ccccc3n2)n1. The first-order chi connectivity index (χ1) is 17.4. The van der Waals surface area contributed by atoms with Crippen molar-refractivity contribution < 1.29 is 9.59 Å². The molecule has 3 aromatic heterocycles. The molecule has 1 N–H and O–H groups in total. The van der Waals surface area contributed by atoms with Gasteiger partial charge >= 0.3 is 0 Å². The number of rotatable bonds is 4. The van der Waals surface area contributed by atoms with Crippen LogP contribution < -0.4 is 10.2 Å². The Bertz CT molecular complexity index is 1670. The minimum absolute atomic E-state index is 0.0713. The molecular formula is C27H24N6O2S. The second-order valence-corrected chi connectivity index (χ2v) is 10.4. The van der Waals surface area contributed by atoms with Gasteiger partial charge in [-0.15, -0.1) is 11.3 Å². The van der Waals surface area contributed by atoms with E-state index in [0.717, 1.165) is 43.1 Å². The molecule has 6 rings (SSSR count). The Kier molecular flexibility index (Phi) is 5.30. The van der Waals surface area contributed by atoms with Crippen molar-refractivity contribution in [1.29, 1.82) is 0 Å². The summed E-state index contributed by atoms with van der Waals surface area (Å²) in [5.74, 6) is 0.406. The fraction of sp³-hybridized carbons (Fsp3) is 0.222. The van der Waals surface area contributed by atoms with Gasteiger partial charge in [-0.1, -0.05) is 18.2 Å². The van der Waals surface area contributed by atoms with Gasteiger partial charge in [0.15, 0.2) is 5.82 Å². The van der Waals surface area contributed by atoms with Crippen LogP contribution in [0.3, 0.4) is 0 Å². The van der Waals surface area contributed by atoms with E-state index in [1.165, 1.54) is 0 Å². The number of carbonyl (C=O) groups is 2. The first kappa shape index (κ1) is 22.4. The van der Waals surface area contributed by atoms with Crippen molar-refractivity contribution in [2.24, 2.45) is 5.92 Å². The third-order valence-electron chi connectivity index (χ3n) is 6.49. The fourth-order valence-electron chi connectivity index (χ4n) is 4.76. The number of amides is 2. The molecular weight excluding hydrogens is 472 g/mol. The third-order valence-corrected chi connectivity index (χ3v) is 7.45. The number of hydrogen-bond acceptors (Lipinski definition) is 6. The summed E-state index contributed by atoms with van der Waals surface area (Å²) in [4.78, 5) is 37.1. The molecule has 1 aliphatic heterocycles. The zero-order valence-corrected chi connectivity index (χ0v) is 21.0. The van der Waals surface area contributed by atoms with E-state index in [9.17, 15) is 9.59 Å². The number of anilines is 2. The van der Waals surface area contributed by atoms with E-state index in [4.69, 9.17) is 4.98 Å². The molecule has 1 fully saturated rings. The van der Waals surface area contributed by atoms with E-state index in [0.29, 0.717) is 18.2 Å². The van der Waals surface area contributed by atoms with Crippen LogP contribution in [0, 0.1) is 26.7 Å². The first-order valence-electron chi connectivity index (χ1n) is 11.8. The highest BCUT2D eigenvalue weighted by molar-refractivity contribution is 7.18. The zero-order valence-electron chi connectivity index (χ0n) is 20.1. The van der Waals surface area contributed by atoms with Gasteiger partial charge in [0.05, 0.1) is 32.4 Å². The van der Waals surface area contributed by atoms with Gasteiger partial charge in [-0.2, -0.15) is 9.78 Å². The lowest BCUT2D eigenvalue weighted by Gasteiger charge is -2.17. The highest BCUT2D eigenvalue weighted by Crippen LogP contribution is 2.31. The molecule has 8 nitrogen and oxygen atoms in total. The molecule has 1 aliphatic rings.